The maximum Gasteiger partial charge on any atom is 0.211 e. The zero-order valence-corrected chi connectivity index (χ0v) is 17.6. The van der Waals surface area contributed by atoms with Crippen molar-refractivity contribution in [3.8, 4) is 0 Å². The molecule has 156 valence electrons. The number of ketones is 2. The molecule has 1 aromatic carbocycles. The first-order chi connectivity index (χ1) is 14.6. The van der Waals surface area contributed by atoms with Gasteiger partial charge in [0.2, 0.25) is 5.78 Å². The molecule has 0 amide bonds. The van der Waals surface area contributed by atoms with E-state index in [-0.39, 0.29) is 11.6 Å². The first-order valence-electron chi connectivity index (χ1n) is 11.1. The van der Waals surface area contributed by atoms with Gasteiger partial charge in [0.15, 0.2) is 5.78 Å². The number of nitrogens with one attached hydrogen (secondary N) is 1. The molecule has 0 aliphatic heterocycles. The van der Waals surface area contributed by atoms with E-state index in [1.807, 2.05) is 12.1 Å². The van der Waals surface area contributed by atoms with Crippen LogP contribution in [0.15, 0.2) is 71.1 Å². The second kappa shape index (κ2) is 8.86. The molecule has 1 aromatic rings. The Kier molecular flexibility index (Phi) is 6.03. The fourth-order valence-electron chi connectivity index (χ4n) is 4.78. The number of benzene rings is 1. The minimum absolute atomic E-state index is 0.184. The lowest BCUT2D eigenvalue weighted by molar-refractivity contribution is -0.114. The maximum atomic E-state index is 12.8. The molecule has 0 bridgehead atoms. The van der Waals surface area contributed by atoms with Crippen LogP contribution in [0.5, 0.6) is 0 Å². The van der Waals surface area contributed by atoms with Gasteiger partial charge in [0, 0.05) is 17.0 Å². The third-order valence-corrected chi connectivity index (χ3v) is 6.60. The number of carbonyl (C=O) groups is 2. The molecule has 4 nitrogen and oxygen atoms in total. The molecule has 0 aromatic heterocycles. The van der Waals surface area contributed by atoms with Gasteiger partial charge in [-0.05, 0) is 79.5 Å². The first kappa shape index (κ1) is 20.4. The fraction of sp³-hybridized carbons (Fsp3) is 0.385. The molecule has 0 saturated heterocycles. The second-order valence-corrected chi connectivity index (χ2v) is 8.62. The number of hydrogen-bond donors (Lipinski definition) is 2. The van der Waals surface area contributed by atoms with Gasteiger partial charge >= 0.3 is 0 Å². The lowest BCUT2D eigenvalue weighted by Gasteiger charge is -2.29. The van der Waals surface area contributed by atoms with E-state index < -0.39 is 0 Å². The van der Waals surface area contributed by atoms with Crippen LogP contribution in [0.4, 0.5) is 5.69 Å². The summed E-state index contributed by atoms with van der Waals surface area (Å²) in [5.41, 5.74) is 9.65. The van der Waals surface area contributed by atoms with E-state index in [0.717, 1.165) is 11.6 Å². The summed E-state index contributed by atoms with van der Waals surface area (Å²) in [6.45, 7) is 2.27. The van der Waals surface area contributed by atoms with Gasteiger partial charge < -0.3 is 11.1 Å². The predicted molar refractivity (Wildman–Crippen MR) is 121 cm³/mol. The highest BCUT2D eigenvalue weighted by molar-refractivity contribution is 6.25. The Balaban J connectivity index is 1.41. The average molecular weight is 403 g/mol. The van der Waals surface area contributed by atoms with Crippen molar-refractivity contribution in [1.82, 2.24) is 0 Å². The predicted octanol–water partition coefficient (Wildman–Crippen LogP) is 5.31. The average Bonchev–Trinajstić information content (AvgIpc) is 2.77. The highest BCUT2D eigenvalue weighted by Crippen LogP contribution is 2.38. The molecule has 0 spiro atoms. The molecule has 4 rings (SSSR count). The summed E-state index contributed by atoms with van der Waals surface area (Å²) in [5.74, 6) is 1.13. The number of Topliss-reactive ketones (excluding diaryl/α,β-unsaturated/α-hetero) is 1. The Morgan fingerprint density at radius 1 is 1.00 bits per heavy atom. The minimum Gasteiger partial charge on any atom is -0.398 e. The number of rotatable bonds is 6. The van der Waals surface area contributed by atoms with E-state index in [1.165, 1.54) is 62.7 Å². The Morgan fingerprint density at radius 3 is 2.43 bits per heavy atom. The number of fused-ring (bicyclic) bond motifs is 1. The fourth-order valence-corrected chi connectivity index (χ4v) is 4.78. The molecular formula is C26H30N2O2. The summed E-state index contributed by atoms with van der Waals surface area (Å²) in [7, 11) is 0. The Labute approximate surface area is 178 Å². The number of nitrogens with two attached hydrogens (primary N) is 1. The summed E-state index contributed by atoms with van der Waals surface area (Å²) >= 11 is 0. The summed E-state index contributed by atoms with van der Waals surface area (Å²) in [6, 6.07) is 8.43. The standard InChI is InChI=1S/C26H30N2O2/c1-2-3-4-17-5-7-18(8-6-17)19-9-11-20(12-10-19)28-23-15-13-21-24(29)16-14-22(27)25(21)26(23)30/h9-18,28H,2-8,27H2,1H3/t17-,18-. The van der Waals surface area contributed by atoms with Crippen molar-refractivity contribution in [2.75, 3.05) is 5.32 Å². The van der Waals surface area contributed by atoms with Gasteiger partial charge in [-0.15, -0.1) is 0 Å². The summed E-state index contributed by atoms with van der Waals surface area (Å²) in [4.78, 5) is 24.8. The zero-order valence-electron chi connectivity index (χ0n) is 17.6. The molecule has 0 atom stereocenters. The van der Waals surface area contributed by atoms with Crippen LogP contribution in [0.25, 0.3) is 0 Å². The van der Waals surface area contributed by atoms with Gasteiger partial charge in [-0.25, -0.2) is 0 Å². The van der Waals surface area contributed by atoms with Crippen molar-refractivity contribution in [2.45, 2.75) is 57.8 Å². The summed E-state index contributed by atoms with van der Waals surface area (Å²) in [6.07, 6.45) is 15.5. The Bertz CT molecular complexity index is 955. The van der Waals surface area contributed by atoms with Gasteiger partial charge in [0.05, 0.1) is 11.3 Å². The largest absolute Gasteiger partial charge is 0.398 e. The second-order valence-electron chi connectivity index (χ2n) is 8.62. The molecule has 4 heteroatoms. The monoisotopic (exact) mass is 402 g/mol. The molecular weight excluding hydrogens is 372 g/mol. The van der Waals surface area contributed by atoms with Crippen LogP contribution in [0, 0.1) is 5.92 Å². The Hall–Kier alpha value is -2.88. The summed E-state index contributed by atoms with van der Waals surface area (Å²) < 4.78 is 0. The molecule has 3 aliphatic carbocycles. The highest BCUT2D eigenvalue weighted by atomic mass is 16.1. The topological polar surface area (TPSA) is 72.2 Å². The number of hydrogen-bond acceptors (Lipinski definition) is 4. The van der Waals surface area contributed by atoms with Gasteiger partial charge in [-0.1, -0.05) is 38.3 Å². The third kappa shape index (κ3) is 4.18. The van der Waals surface area contributed by atoms with Crippen molar-refractivity contribution in [3.63, 3.8) is 0 Å². The van der Waals surface area contributed by atoms with E-state index in [0.29, 0.717) is 28.5 Å². The number of unbranched alkanes of at least 4 members (excludes halogenated alkanes) is 1. The normalized spacial score (nSPS) is 23.8. The lowest BCUT2D eigenvalue weighted by Crippen LogP contribution is -2.25. The smallest absolute Gasteiger partial charge is 0.211 e. The van der Waals surface area contributed by atoms with Crippen LogP contribution in [0.3, 0.4) is 0 Å². The van der Waals surface area contributed by atoms with Crippen molar-refractivity contribution in [1.29, 1.82) is 0 Å². The molecule has 3 N–H and O–H groups in total. The van der Waals surface area contributed by atoms with Crippen LogP contribution >= 0.6 is 0 Å². The number of allylic oxidation sites excluding steroid dienone is 6. The van der Waals surface area contributed by atoms with Crippen LogP contribution in [0.2, 0.25) is 0 Å². The Morgan fingerprint density at radius 2 is 1.73 bits per heavy atom. The molecule has 1 saturated carbocycles. The molecule has 0 heterocycles. The van der Waals surface area contributed by atoms with Crippen LogP contribution in [-0.4, -0.2) is 11.6 Å². The van der Waals surface area contributed by atoms with Crippen LogP contribution in [0.1, 0.15) is 63.4 Å². The zero-order chi connectivity index (χ0) is 21.1. The molecule has 3 aliphatic rings. The van der Waals surface area contributed by atoms with Crippen LogP contribution < -0.4 is 11.1 Å². The van der Waals surface area contributed by atoms with Crippen molar-refractivity contribution in [3.05, 3.63) is 76.7 Å². The van der Waals surface area contributed by atoms with Crippen molar-refractivity contribution >= 4 is 17.3 Å². The number of carbonyl (C=O) groups excluding carboxylic acids is 2. The molecule has 0 radical (unpaired) electrons. The van der Waals surface area contributed by atoms with E-state index in [9.17, 15) is 9.59 Å². The van der Waals surface area contributed by atoms with Crippen LogP contribution in [-0.2, 0) is 9.59 Å². The first-order valence-corrected chi connectivity index (χ1v) is 11.1. The third-order valence-electron chi connectivity index (χ3n) is 6.60. The van der Waals surface area contributed by atoms with Gasteiger partial charge in [0.1, 0.15) is 0 Å². The molecule has 30 heavy (non-hydrogen) atoms. The summed E-state index contributed by atoms with van der Waals surface area (Å²) in [5, 5.41) is 3.20. The van der Waals surface area contributed by atoms with E-state index >= 15 is 0 Å². The van der Waals surface area contributed by atoms with Gasteiger partial charge in [-0.3, -0.25) is 9.59 Å². The maximum absolute atomic E-state index is 12.8. The highest BCUT2D eigenvalue weighted by Gasteiger charge is 2.29. The van der Waals surface area contributed by atoms with Gasteiger partial charge in [-0.2, -0.15) is 0 Å². The van der Waals surface area contributed by atoms with Gasteiger partial charge in [0.25, 0.3) is 0 Å². The SMILES string of the molecule is CCCC[C@H]1CC[C@H](c2ccc(NC3=CC=C4C(=O)C=CC(N)=C4C3=O)cc2)CC1. The van der Waals surface area contributed by atoms with Crippen molar-refractivity contribution < 1.29 is 9.59 Å². The lowest BCUT2D eigenvalue weighted by atomic mass is 9.77. The van der Waals surface area contributed by atoms with E-state index in [2.05, 4.69) is 24.4 Å². The minimum atomic E-state index is -0.239. The number of anilines is 1. The van der Waals surface area contributed by atoms with Crippen molar-refractivity contribution in [2.24, 2.45) is 11.7 Å². The quantitative estimate of drug-likeness (QED) is 0.677. The molecule has 0 unspecified atom stereocenters. The van der Waals surface area contributed by atoms with E-state index in [4.69, 9.17) is 5.73 Å². The molecule has 1 fully saturated rings. The van der Waals surface area contributed by atoms with E-state index in [1.54, 1.807) is 12.2 Å².